The van der Waals surface area contributed by atoms with Gasteiger partial charge in [-0.1, -0.05) is 6.07 Å². The van der Waals surface area contributed by atoms with Gasteiger partial charge in [0.1, 0.15) is 16.5 Å². The molecular weight excluding hydrogens is 312 g/mol. The first-order chi connectivity index (χ1) is 10.5. The van der Waals surface area contributed by atoms with Gasteiger partial charge in [0, 0.05) is 12.3 Å². The second-order valence-corrected chi connectivity index (χ2v) is 6.34. The van der Waals surface area contributed by atoms with E-state index in [4.69, 9.17) is 0 Å². The van der Waals surface area contributed by atoms with E-state index < -0.39 is 26.6 Å². The van der Waals surface area contributed by atoms with Crippen molar-refractivity contribution in [1.29, 1.82) is 0 Å². The Labute approximate surface area is 125 Å². The summed E-state index contributed by atoms with van der Waals surface area (Å²) in [5.41, 5.74) is 1.29. The highest BCUT2D eigenvalue weighted by atomic mass is 32.2. The molecule has 2 aromatic heterocycles. The molecule has 0 radical (unpaired) electrons. The van der Waals surface area contributed by atoms with Crippen LogP contribution in [0.15, 0.2) is 53.6 Å². The zero-order valence-corrected chi connectivity index (χ0v) is 12.0. The van der Waals surface area contributed by atoms with Crippen molar-refractivity contribution in [3.8, 4) is 0 Å². The maximum Gasteiger partial charge on any atom is 0.243 e. The Morgan fingerprint density at radius 2 is 1.95 bits per heavy atom. The summed E-state index contributed by atoms with van der Waals surface area (Å²) in [5.74, 6) is -1.97. The maximum atomic E-state index is 13.6. The summed E-state index contributed by atoms with van der Waals surface area (Å²) in [6, 6.07) is 9.47. The van der Waals surface area contributed by atoms with Gasteiger partial charge in [0.25, 0.3) is 0 Å². The van der Waals surface area contributed by atoms with Gasteiger partial charge in [-0.25, -0.2) is 26.4 Å². The third kappa shape index (κ3) is 2.83. The molecule has 0 bridgehead atoms. The Morgan fingerprint density at radius 3 is 2.68 bits per heavy atom. The van der Waals surface area contributed by atoms with Crippen LogP contribution < -0.4 is 4.72 Å². The third-order valence-corrected chi connectivity index (χ3v) is 4.48. The molecule has 0 aliphatic heterocycles. The molecule has 0 saturated carbocycles. The van der Waals surface area contributed by atoms with E-state index in [1.54, 1.807) is 22.8 Å². The van der Waals surface area contributed by atoms with Crippen molar-refractivity contribution in [2.45, 2.75) is 11.4 Å². The van der Waals surface area contributed by atoms with Crippen LogP contribution in [0.4, 0.5) is 8.78 Å². The van der Waals surface area contributed by atoms with Crippen LogP contribution in [0.2, 0.25) is 0 Å². The van der Waals surface area contributed by atoms with Crippen LogP contribution >= 0.6 is 0 Å². The number of pyridine rings is 1. The van der Waals surface area contributed by atoms with Crippen molar-refractivity contribution >= 4 is 15.5 Å². The summed E-state index contributed by atoms with van der Waals surface area (Å²) in [5, 5.41) is 4.18. The van der Waals surface area contributed by atoms with Crippen LogP contribution in [0, 0.1) is 11.6 Å². The molecule has 114 valence electrons. The molecule has 0 unspecified atom stereocenters. The molecule has 5 nitrogen and oxygen atoms in total. The lowest BCUT2D eigenvalue weighted by Gasteiger charge is -2.06. The van der Waals surface area contributed by atoms with Gasteiger partial charge in [0.2, 0.25) is 10.0 Å². The van der Waals surface area contributed by atoms with E-state index in [0.717, 1.165) is 17.6 Å². The minimum atomic E-state index is -4.08. The number of nitrogens with zero attached hydrogens (tertiary/aromatic N) is 2. The molecule has 0 aliphatic carbocycles. The van der Waals surface area contributed by atoms with Crippen molar-refractivity contribution in [3.05, 3.63) is 66.0 Å². The average Bonchev–Trinajstić information content (AvgIpc) is 2.87. The number of fused-ring (bicyclic) bond motifs is 1. The highest BCUT2D eigenvalue weighted by Crippen LogP contribution is 2.16. The summed E-state index contributed by atoms with van der Waals surface area (Å²) < 4.78 is 54.3. The Morgan fingerprint density at radius 1 is 1.14 bits per heavy atom. The van der Waals surface area contributed by atoms with E-state index in [1.165, 1.54) is 0 Å². The van der Waals surface area contributed by atoms with Crippen LogP contribution in [-0.4, -0.2) is 18.0 Å². The standard InChI is InChI=1S/C14H11F2N3O2S/c15-10-4-5-14(13(16)7-10)22(20,21)17-9-11-8-12-3-1-2-6-19(12)18-11/h1-8,17H,9H2. The van der Waals surface area contributed by atoms with Crippen molar-refractivity contribution in [1.82, 2.24) is 14.3 Å². The molecule has 1 aromatic carbocycles. The molecule has 1 N–H and O–H groups in total. The minimum Gasteiger partial charge on any atom is -0.241 e. The lowest BCUT2D eigenvalue weighted by Crippen LogP contribution is -2.24. The van der Waals surface area contributed by atoms with E-state index in [2.05, 4.69) is 9.82 Å². The first kappa shape index (κ1) is 14.6. The summed E-state index contributed by atoms with van der Waals surface area (Å²) in [4.78, 5) is -0.599. The molecule has 0 atom stereocenters. The predicted molar refractivity (Wildman–Crippen MR) is 75.6 cm³/mol. The first-order valence-corrected chi connectivity index (χ1v) is 7.82. The fourth-order valence-corrected chi connectivity index (χ4v) is 3.07. The highest BCUT2D eigenvalue weighted by Gasteiger charge is 2.19. The smallest absolute Gasteiger partial charge is 0.241 e. The Kier molecular flexibility index (Phi) is 3.63. The van der Waals surface area contributed by atoms with Crippen LogP contribution in [0.3, 0.4) is 0 Å². The second-order valence-electron chi connectivity index (χ2n) is 4.61. The van der Waals surface area contributed by atoms with E-state index >= 15 is 0 Å². The molecule has 2 heterocycles. The van der Waals surface area contributed by atoms with Gasteiger partial charge < -0.3 is 0 Å². The lowest BCUT2D eigenvalue weighted by atomic mass is 10.3. The summed E-state index contributed by atoms with van der Waals surface area (Å²) in [6.45, 7) is -0.0964. The zero-order valence-electron chi connectivity index (χ0n) is 11.2. The number of nitrogens with one attached hydrogen (secondary N) is 1. The van der Waals surface area contributed by atoms with Crippen LogP contribution in [0.25, 0.3) is 5.52 Å². The van der Waals surface area contributed by atoms with Gasteiger partial charge in [-0.15, -0.1) is 0 Å². The van der Waals surface area contributed by atoms with E-state index in [1.807, 2.05) is 12.1 Å². The molecule has 22 heavy (non-hydrogen) atoms. The normalized spacial score (nSPS) is 11.9. The summed E-state index contributed by atoms with van der Waals surface area (Å²) in [7, 11) is -4.08. The van der Waals surface area contributed by atoms with Crippen molar-refractivity contribution < 1.29 is 17.2 Å². The molecule has 0 amide bonds. The molecule has 0 aliphatic rings. The summed E-state index contributed by atoms with van der Waals surface area (Å²) >= 11 is 0. The van der Waals surface area contributed by atoms with E-state index in [9.17, 15) is 17.2 Å². The summed E-state index contributed by atoms with van der Waals surface area (Å²) in [6.07, 6.45) is 1.73. The molecule has 0 saturated heterocycles. The molecule has 3 aromatic rings. The number of halogens is 2. The van der Waals surface area contributed by atoms with Crippen LogP contribution in [0.5, 0.6) is 0 Å². The fourth-order valence-electron chi connectivity index (χ4n) is 2.02. The molecule has 3 rings (SSSR count). The predicted octanol–water partition coefficient (Wildman–Crippen LogP) is 2.09. The van der Waals surface area contributed by atoms with Crippen molar-refractivity contribution in [2.75, 3.05) is 0 Å². The quantitative estimate of drug-likeness (QED) is 0.800. The monoisotopic (exact) mass is 323 g/mol. The molecule has 8 heteroatoms. The molecule has 0 fully saturated rings. The van der Waals surface area contributed by atoms with Crippen molar-refractivity contribution in [3.63, 3.8) is 0 Å². The zero-order chi connectivity index (χ0) is 15.7. The number of aromatic nitrogens is 2. The third-order valence-electron chi connectivity index (χ3n) is 3.05. The highest BCUT2D eigenvalue weighted by molar-refractivity contribution is 7.89. The number of hydrogen-bond donors (Lipinski definition) is 1. The number of sulfonamides is 1. The Balaban J connectivity index is 1.82. The van der Waals surface area contributed by atoms with Gasteiger partial charge in [-0.3, -0.25) is 0 Å². The van der Waals surface area contributed by atoms with Gasteiger partial charge in [-0.05, 0) is 30.3 Å². The molecule has 0 spiro atoms. The topological polar surface area (TPSA) is 63.5 Å². The van der Waals surface area contributed by atoms with Gasteiger partial charge >= 0.3 is 0 Å². The SMILES string of the molecule is O=S(=O)(NCc1cc2ccccn2n1)c1ccc(F)cc1F. The maximum absolute atomic E-state index is 13.6. The minimum absolute atomic E-state index is 0.0964. The van der Waals surface area contributed by atoms with Gasteiger partial charge in [0.05, 0.1) is 17.8 Å². The first-order valence-electron chi connectivity index (χ1n) is 6.34. The van der Waals surface area contributed by atoms with Crippen LogP contribution in [-0.2, 0) is 16.6 Å². The van der Waals surface area contributed by atoms with Crippen LogP contribution in [0.1, 0.15) is 5.69 Å². The molecular formula is C14H11F2N3O2S. The average molecular weight is 323 g/mol. The largest absolute Gasteiger partial charge is 0.243 e. The Bertz CT molecular complexity index is 905. The fraction of sp³-hybridized carbons (Fsp3) is 0.0714. The number of rotatable bonds is 4. The number of benzene rings is 1. The van der Waals surface area contributed by atoms with E-state index in [0.29, 0.717) is 11.8 Å². The van der Waals surface area contributed by atoms with E-state index in [-0.39, 0.29) is 6.54 Å². The van der Waals surface area contributed by atoms with Gasteiger partial charge in [0.15, 0.2) is 0 Å². The Hall–Kier alpha value is -2.32. The number of hydrogen-bond acceptors (Lipinski definition) is 3. The lowest BCUT2D eigenvalue weighted by molar-refractivity contribution is 0.542. The second kappa shape index (κ2) is 5.47. The van der Waals surface area contributed by atoms with Crippen molar-refractivity contribution in [2.24, 2.45) is 0 Å². The van der Waals surface area contributed by atoms with Gasteiger partial charge in [-0.2, -0.15) is 5.10 Å².